The predicted octanol–water partition coefficient (Wildman–Crippen LogP) is 3.30. The molecular weight excluding hydrogens is 250 g/mol. The largest absolute Gasteiger partial charge is 0.494 e. The predicted molar refractivity (Wildman–Crippen MR) is 77.9 cm³/mol. The van der Waals surface area contributed by atoms with E-state index in [0.29, 0.717) is 13.0 Å². The molecular formula is C17H15NO2. The lowest BCUT2D eigenvalue weighted by atomic mass is 10.1. The Hall–Kier alpha value is -2.42. The van der Waals surface area contributed by atoms with Crippen LogP contribution in [0.25, 0.3) is 6.08 Å². The second-order valence-electron chi connectivity index (χ2n) is 4.67. The summed E-state index contributed by atoms with van der Waals surface area (Å²) < 4.78 is 5.61. The van der Waals surface area contributed by atoms with Gasteiger partial charge in [-0.15, -0.1) is 0 Å². The number of hydrogen-bond donors (Lipinski definition) is 0. The van der Waals surface area contributed by atoms with Crippen molar-refractivity contribution in [2.75, 3.05) is 6.61 Å². The maximum atomic E-state index is 12.4. The zero-order valence-electron chi connectivity index (χ0n) is 11.3. The van der Waals surface area contributed by atoms with Crippen molar-refractivity contribution in [2.24, 2.45) is 0 Å². The Labute approximate surface area is 117 Å². The highest BCUT2D eigenvalue weighted by Crippen LogP contribution is 2.34. The van der Waals surface area contributed by atoms with Gasteiger partial charge in [0, 0.05) is 35.5 Å². The van der Waals surface area contributed by atoms with Gasteiger partial charge in [-0.1, -0.05) is 12.1 Å². The highest BCUT2D eigenvalue weighted by molar-refractivity contribution is 6.16. The molecule has 20 heavy (non-hydrogen) atoms. The van der Waals surface area contributed by atoms with Gasteiger partial charge < -0.3 is 4.74 Å². The van der Waals surface area contributed by atoms with Gasteiger partial charge in [-0.3, -0.25) is 9.78 Å². The molecule has 0 aliphatic heterocycles. The number of ketones is 1. The molecule has 3 nitrogen and oxygen atoms in total. The quantitative estimate of drug-likeness (QED) is 0.799. The van der Waals surface area contributed by atoms with Crippen molar-refractivity contribution >= 4 is 11.9 Å². The summed E-state index contributed by atoms with van der Waals surface area (Å²) in [5.41, 5.74) is 3.56. The molecule has 100 valence electrons. The summed E-state index contributed by atoms with van der Waals surface area (Å²) in [4.78, 5) is 16.4. The average Bonchev–Trinajstić information content (AvgIpc) is 2.79. The molecule has 0 unspecified atom stereocenters. The van der Waals surface area contributed by atoms with Crippen molar-refractivity contribution in [3.8, 4) is 5.75 Å². The van der Waals surface area contributed by atoms with E-state index in [1.807, 2.05) is 43.3 Å². The highest BCUT2D eigenvalue weighted by Gasteiger charge is 2.27. The monoisotopic (exact) mass is 265 g/mol. The van der Waals surface area contributed by atoms with Crippen LogP contribution in [0.1, 0.15) is 28.4 Å². The molecule has 0 amide bonds. The van der Waals surface area contributed by atoms with Crippen LogP contribution in [0.15, 0.2) is 48.3 Å². The summed E-state index contributed by atoms with van der Waals surface area (Å²) >= 11 is 0. The Bertz CT molecular complexity index is 675. The van der Waals surface area contributed by atoms with Crippen LogP contribution >= 0.6 is 0 Å². The first-order valence-corrected chi connectivity index (χ1v) is 6.69. The standard InChI is InChI=1S/C17H15NO2/c1-2-20-16-5-3-4-14-15(16)11-13(17(14)19)10-12-6-8-18-9-7-12/h3-10H,2,11H2,1H3/b13-10+. The summed E-state index contributed by atoms with van der Waals surface area (Å²) in [5, 5.41) is 0. The number of fused-ring (bicyclic) bond motifs is 1. The summed E-state index contributed by atoms with van der Waals surface area (Å²) in [6, 6.07) is 9.45. The summed E-state index contributed by atoms with van der Waals surface area (Å²) in [6.45, 7) is 2.55. The number of ether oxygens (including phenoxy) is 1. The lowest BCUT2D eigenvalue weighted by Crippen LogP contribution is -1.97. The Morgan fingerprint density at radius 1 is 1.25 bits per heavy atom. The lowest BCUT2D eigenvalue weighted by molar-refractivity contribution is 0.104. The number of allylic oxidation sites excluding steroid dienone is 1. The maximum Gasteiger partial charge on any atom is 0.189 e. The molecule has 1 aliphatic carbocycles. The van der Waals surface area contributed by atoms with Gasteiger partial charge in [-0.2, -0.15) is 0 Å². The van der Waals surface area contributed by atoms with Gasteiger partial charge >= 0.3 is 0 Å². The van der Waals surface area contributed by atoms with E-state index < -0.39 is 0 Å². The van der Waals surface area contributed by atoms with E-state index in [9.17, 15) is 4.79 Å². The van der Waals surface area contributed by atoms with E-state index in [2.05, 4.69) is 4.98 Å². The van der Waals surface area contributed by atoms with Gasteiger partial charge in [0.25, 0.3) is 0 Å². The van der Waals surface area contributed by atoms with E-state index in [1.54, 1.807) is 12.4 Å². The zero-order chi connectivity index (χ0) is 13.9. The fourth-order valence-electron chi connectivity index (χ4n) is 2.47. The highest BCUT2D eigenvalue weighted by atomic mass is 16.5. The van der Waals surface area contributed by atoms with Crippen LogP contribution < -0.4 is 4.74 Å². The number of nitrogens with zero attached hydrogens (tertiary/aromatic N) is 1. The molecule has 0 saturated carbocycles. The Kier molecular flexibility index (Phi) is 3.33. The van der Waals surface area contributed by atoms with Gasteiger partial charge in [-0.25, -0.2) is 0 Å². The minimum absolute atomic E-state index is 0.0957. The minimum Gasteiger partial charge on any atom is -0.494 e. The Morgan fingerprint density at radius 2 is 2.05 bits per heavy atom. The van der Waals surface area contributed by atoms with Gasteiger partial charge in [0.05, 0.1) is 6.61 Å². The van der Waals surface area contributed by atoms with Crippen molar-refractivity contribution in [3.63, 3.8) is 0 Å². The first kappa shape index (κ1) is 12.6. The number of rotatable bonds is 3. The molecule has 1 aromatic heterocycles. The number of pyridine rings is 1. The summed E-state index contributed by atoms with van der Waals surface area (Å²) in [7, 11) is 0. The van der Waals surface area contributed by atoms with E-state index in [1.165, 1.54) is 0 Å². The molecule has 0 saturated heterocycles. The molecule has 3 rings (SSSR count). The summed E-state index contributed by atoms with van der Waals surface area (Å²) in [5.74, 6) is 0.912. The first-order chi connectivity index (χ1) is 9.79. The second kappa shape index (κ2) is 5.29. The normalized spacial score (nSPS) is 15.4. The maximum absolute atomic E-state index is 12.4. The molecule has 1 heterocycles. The molecule has 1 aromatic carbocycles. The number of aromatic nitrogens is 1. The molecule has 0 N–H and O–H groups in total. The Balaban J connectivity index is 1.98. The number of hydrogen-bond acceptors (Lipinski definition) is 3. The smallest absolute Gasteiger partial charge is 0.189 e. The van der Waals surface area contributed by atoms with Crippen molar-refractivity contribution in [1.82, 2.24) is 4.98 Å². The first-order valence-electron chi connectivity index (χ1n) is 6.69. The summed E-state index contributed by atoms with van der Waals surface area (Å²) in [6.07, 6.45) is 6.02. The molecule has 3 heteroatoms. The van der Waals surface area contributed by atoms with Crippen molar-refractivity contribution in [2.45, 2.75) is 13.3 Å². The molecule has 0 atom stereocenters. The van der Waals surface area contributed by atoms with Crippen LogP contribution in [0, 0.1) is 0 Å². The molecule has 0 bridgehead atoms. The van der Waals surface area contributed by atoms with E-state index in [0.717, 1.165) is 28.0 Å². The fourth-order valence-corrected chi connectivity index (χ4v) is 2.47. The third-order valence-electron chi connectivity index (χ3n) is 3.38. The minimum atomic E-state index is 0.0957. The molecule has 0 spiro atoms. The lowest BCUT2D eigenvalue weighted by Gasteiger charge is -2.07. The van der Waals surface area contributed by atoms with Crippen molar-refractivity contribution in [1.29, 1.82) is 0 Å². The topological polar surface area (TPSA) is 39.2 Å². The van der Waals surface area contributed by atoms with Gasteiger partial charge in [0.2, 0.25) is 0 Å². The van der Waals surface area contributed by atoms with Gasteiger partial charge in [-0.05, 0) is 36.8 Å². The van der Waals surface area contributed by atoms with Gasteiger partial charge in [0.1, 0.15) is 5.75 Å². The van der Waals surface area contributed by atoms with Crippen LogP contribution in [-0.2, 0) is 6.42 Å². The van der Waals surface area contributed by atoms with E-state index >= 15 is 0 Å². The molecule has 1 aliphatic rings. The van der Waals surface area contributed by atoms with E-state index in [-0.39, 0.29) is 5.78 Å². The molecule has 0 radical (unpaired) electrons. The second-order valence-corrected chi connectivity index (χ2v) is 4.67. The average molecular weight is 265 g/mol. The van der Waals surface area contributed by atoms with Gasteiger partial charge in [0.15, 0.2) is 5.78 Å². The number of benzene rings is 1. The Morgan fingerprint density at radius 3 is 2.80 bits per heavy atom. The van der Waals surface area contributed by atoms with E-state index in [4.69, 9.17) is 4.74 Å². The third-order valence-corrected chi connectivity index (χ3v) is 3.38. The number of carbonyl (C=O) groups excluding carboxylic acids is 1. The van der Waals surface area contributed by atoms with Crippen LogP contribution in [0.3, 0.4) is 0 Å². The number of Topliss-reactive ketones (excluding diaryl/α,β-unsaturated/α-hetero) is 1. The van der Waals surface area contributed by atoms with Crippen molar-refractivity contribution < 1.29 is 9.53 Å². The van der Waals surface area contributed by atoms with Crippen LogP contribution in [0.5, 0.6) is 5.75 Å². The zero-order valence-corrected chi connectivity index (χ0v) is 11.3. The van der Waals surface area contributed by atoms with Crippen LogP contribution in [0.4, 0.5) is 0 Å². The van der Waals surface area contributed by atoms with Crippen LogP contribution in [-0.4, -0.2) is 17.4 Å². The fraction of sp³-hybridized carbons (Fsp3) is 0.176. The molecule has 2 aromatic rings. The molecule has 0 fully saturated rings. The van der Waals surface area contributed by atoms with Crippen LogP contribution in [0.2, 0.25) is 0 Å². The SMILES string of the molecule is CCOc1cccc2c1C/C(=C\c1ccncc1)C2=O. The number of carbonyl (C=O) groups is 1. The van der Waals surface area contributed by atoms with Crippen molar-refractivity contribution in [3.05, 3.63) is 65.0 Å². The third kappa shape index (κ3) is 2.23.